The van der Waals surface area contributed by atoms with Gasteiger partial charge in [0, 0.05) is 6.54 Å². The predicted molar refractivity (Wildman–Crippen MR) is 54.6 cm³/mol. The molecule has 1 aliphatic carbocycles. The molecule has 2 unspecified atom stereocenters. The highest BCUT2D eigenvalue weighted by atomic mass is 16.3. The van der Waals surface area contributed by atoms with Crippen LogP contribution in [0.15, 0.2) is 0 Å². The first-order chi connectivity index (χ1) is 6.58. The van der Waals surface area contributed by atoms with E-state index in [9.17, 15) is 4.79 Å². The second-order valence-corrected chi connectivity index (χ2v) is 4.34. The second-order valence-electron chi connectivity index (χ2n) is 4.34. The van der Waals surface area contributed by atoms with Crippen LogP contribution in [0.25, 0.3) is 0 Å². The van der Waals surface area contributed by atoms with E-state index in [4.69, 9.17) is 10.8 Å². The molecule has 4 nitrogen and oxygen atoms in total. The molecule has 14 heavy (non-hydrogen) atoms. The highest BCUT2D eigenvalue weighted by Crippen LogP contribution is 2.30. The van der Waals surface area contributed by atoms with E-state index in [-0.39, 0.29) is 12.5 Å². The monoisotopic (exact) mass is 200 g/mol. The number of carbonyl (C=O) groups is 1. The first kappa shape index (κ1) is 11.5. The highest BCUT2D eigenvalue weighted by Gasteiger charge is 2.37. The van der Waals surface area contributed by atoms with Gasteiger partial charge in [-0.15, -0.1) is 0 Å². The summed E-state index contributed by atoms with van der Waals surface area (Å²) in [4.78, 5) is 11.7. The van der Waals surface area contributed by atoms with Crippen LogP contribution in [-0.4, -0.2) is 29.7 Å². The highest BCUT2D eigenvalue weighted by molar-refractivity contribution is 5.86. The van der Waals surface area contributed by atoms with Crippen LogP contribution < -0.4 is 11.1 Å². The first-order valence-electron chi connectivity index (χ1n) is 5.26. The van der Waals surface area contributed by atoms with Gasteiger partial charge in [0.1, 0.15) is 0 Å². The Hall–Kier alpha value is -0.610. The van der Waals surface area contributed by atoms with Crippen molar-refractivity contribution in [2.24, 2.45) is 11.7 Å². The van der Waals surface area contributed by atoms with E-state index in [1.54, 1.807) is 0 Å². The van der Waals surface area contributed by atoms with Gasteiger partial charge in [0.2, 0.25) is 5.91 Å². The topological polar surface area (TPSA) is 75.4 Å². The van der Waals surface area contributed by atoms with Crippen LogP contribution in [0.4, 0.5) is 0 Å². The molecule has 0 bridgehead atoms. The van der Waals surface area contributed by atoms with Gasteiger partial charge in [-0.2, -0.15) is 0 Å². The molecule has 82 valence electrons. The van der Waals surface area contributed by atoms with Crippen LogP contribution in [0.2, 0.25) is 0 Å². The third kappa shape index (κ3) is 2.69. The minimum absolute atomic E-state index is 0.0304. The fourth-order valence-corrected chi connectivity index (χ4v) is 2.14. The van der Waals surface area contributed by atoms with Gasteiger partial charge in [-0.1, -0.05) is 19.8 Å². The number of hydrogen-bond acceptors (Lipinski definition) is 3. The predicted octanol–water partition coefficient (Wildman–Crippen LogP) is 0.00250. The Kier molecular flexibility index (Phi) is 3.89. The number of amides is 1. The number of carbonyl (C=O) groups excluding carboxylic acids is 1. The Balaban J connectivity index is 2.50. The molecule has 0 saturated heterocycles. The number of aliphatic hydroxyl groups is 1. The average Bonchev–Trinajstić information content (AvgIpc) is 2.13. The van der Waals surface area contributed by atoms with Gasteiger partial charge in [0.05, 0.1) is 12.1 Å². The molecule has 0 aromatic heterocycles. The van der Waals surface area contributed by atoms with Crippen molar-refractivity contribution >= 4 is 5.91 Å². The molecule has 1 aliphatic rings. The number of nitrogens with two attached hydrogens (primary N) is 1. The largest absolute Gasteiger partial charge is 0.395 e. The summed E-state index contributed by atoms with van der Waals surface area (Å²) in [6.07, 6.45) is 3.69. The van der Waals surface area contributed by atoms with Crippen LogP contribution in [-0.2, 0) is 4.79 Å². The fraction of sp³-hybridized carbons (Fsp3) is 0.900. The molecular weight excluding hydrogens is 180 g/mol. The number of rotatable bonds is 3. The molecule has 0 radical (unpaired) electrons. The van der Waals surface area contributed by atoms with Crippen molar-refractivity contribution in [3.8, 4) is 0 Å². The molecule has 4 N–H and O–H groups in total. The van der Waals surface area contributed by atoms with Crippen molar-refractivity contribution in [3.05, 3.63) is 0 Å². The molecule has 2 atom stereocenters. The van der Waals surface area contributed by atoms with Crippen molar-refractivity contribution in [3.63, 3.8) is 0 Å². The Morgan fingerprint density at radius 1 is 1.71 bits per heavy atom. The van der Waals surface area contributed by atoms with E-state index in [0.29, 0.717) is 12.5 Å². The van der Waals surface area contributed by atoms with Crippen molar-refractivity contribution in [1.29, 1.82) is 0 Å². The number of nitrogens with one attached hydrogen (secondary N) is 1. The minimum Gasteiger partial charge on any atom is -0.395 e. The van der Waals surface area contributed by atoms with Crippen molar-refractivity contribution in [1.82, 2.24) is 5.32 Å². The molecule has 0 heterocycles. The summed E-state index contributed by atoms with van der Waals surface area (Å²) in [5.41, 5.74) is 5.34. The fourth-order valence-electron chi connectivity index (χ4n) is 2.14. The van der Waals surface area contributed by atoms with Gasteiger partial charge in [0.15, 0.2) is 0 Å². The Morgan fingerprint density at radius 2 is 2.43 bits per heavy atom. The maximum Gasteiger partial charge on any atom is 0.240 e. The van der Waals surface area contributed by atoms with Gasteiger partial charge in [-0.3, -0.25) is 4.79 Å². The molecule has 1 fully saturated rings. The van der Waals surface area contributed by atoms with E-state index < -0.39 is 5.54 Å². The molecule has 1 amide bonds. The lowest BCUT2D eigenvalue weighted by Gasteiger charge is -2.35. The van der Waals surface area contributed by atoms with Gasteiger partial charge in [0.25, 0.3) is 0 Å². The van der Waals surface area contributed by atoms with Crippen LogP contribution in [0, 0.1) is 5.92 Å². The van der Waals surface area contributed by atoms with E-state index >= 15 is 0 Å². The molecule has 0 spiro atoms. The molecule has 0 aromatic rings. The number of aliphatic hydroxyl groups excluding tert-OH is 1. The van der Waals surface area contributed by atoms with Gasteiger partial charge in [-0.25, -0.2) is 0 Å². The lowest BCUT2D eigenvalue weighted by molar-refractivity contribution is -0.128. The Bertz CT molecular complexity index is 208. The molecule has 4 heteroatoms. The summed E-state index contributed by atoms with van der Waals surface area (Å²) in [5, 5.41) is 11.2. The van der Waals surface area contributed by atoms with Crippen LogP contribution >= 0.6 is 0 Å². The van der Waals surface area contributed by atoms with Gasteiger partial charge in [-0.05, 0) is 18.8 Å². The van der Waals surface area contributed by atoms with Crippen molar-refractivity contribution in [2.75, 3.05) is 13.2 Å². The molecule has 0 aliphatic heterocycles. The summed E-state index contributed by atoms with van der Waals surface area (Å²) < 4.78 is 0. The summed E-state index contributed by atoms with van der Waals surface area (Å²) in [7, 11) is 0. The maximum absolute atomic E-state index is 11.7. The van der Waals surface area contributed by atoms with Gasteiger partial charge < -0.3 is 16.2 Å². The van der Waals surface area contributed by atoms with Crippen LogP contribution in [0.3, 0.4) is 0 Å². The standard InChI is InChI=1S/C10H20N2O2/c1-8-3-2-4-10(11,7-8)9(14)12-5-6-13/h8,13H,2-7,11H2,1H3,(H,12,14). The third-order valence-electron chi connectivity index (χ3n) is 2.88. The maximum atomic E-state index is 11.7. The summed E-state index contributed by atoms with van der Waals surface area (Å²) in [6, 6.07) is 0. The molecule has 1 rings (SSSR count). The Morgan fingerprint density at radius 3 is 3.00 bits per heavy atom. The second kappa shape index (κ2) is 4.75. The van der Waals surface area contributed by atoms with E-state index in [0.717, 1.165) is 25.7 Å². The lowest BCUT2D eigenvalue weighted by atomic mass is 9.76. The van der Waals surface area contributed by atoms with E-state index in [1.807, 2.05) is 0 Å². The van der Waals surface area contributed by atoms with Crippen LogP contribution in [0.1, 0.15) is 32.6 Å². The third-order valence-corrected chi connectivity index (χ3v) is 2.88. The molecular formula is C10H20N2O2. The zero-order chi connectivity index (χ0) is 10.6. The number of hydrogen-bond donors (Lipinski definition) is 3. The summed E-state index contributed by atoms with van der Waals surface area (Å²) >= 11 is 0. The minimum atomic E-state index is -0.702. The smallest absolute Gasteiger partial charge is 0.240 e. The quantitative estimate of drug-likeness (QED) is 0.600. The zero-order valence-electron chi connectivity index (χ0n) is 8.75. The molecule has 0 aromatic carbocycles. The van der Waals surface area contributed by atoms with Crippen LogP contribution in [0.5, 0.6) is 0 Å². The van der Waals surface area contributed by atoms with Gasteiger partial charge >= 0.3 is 0 Å². The Labute approximate surface area is 84.9 Å². The SMILES string of the molecule is CC1CCCC(N)(C(=O)NCCO)C1. The van der Waals surface area contributed by atoms with Crippen molar-refractivity contribution < 1.29 is 9.90 Å². The van der Waals surface area contributed by atoms with E-state index in [2.05, 4.69) is 12.2 Å². The first-order valence-corrected chi connectivity index (χ1v) is 5.26. The molecule has 1 saturated carbocycles. The lowest BCUT2D eigenvalue weighted by Crippen LogP contribution is -2.56. The summed E-state index contributed by atoms with van der Waals surface area (Å²) in [5.74, 6) is 0.409. The normalized spacial score (nSPS) is 32.6. The average molecular weight is 200 g/mol. The summed E-state index contributed by atoms with van der Waals surface area (Å²) in [6.45, 7) is 2.39. The zero-order valence-corrected chi connectivity index (χ0v) is 8.75. The van der Waals surface area contributed by atoms with Crippen molar-refractivity contribution in [2.45, 2.75) is 38.1 Å². The van der Waals surface area contributed by atoms with E-state index in [1.165, 1.54) is 0 Å².